The predicted octanol–water partition coefficient (Wildman–Crippen LogP) is 8.24. The first-order valence-electron chi connectivity index (χ1n) is 11.5. The van der Waals surface area contributed by atoms with Crippen LogP contribution in [0.1, 0.15) is 117 Å². The minimum atomic E-state index is -1.26. The summed E-state index contributed by atoms with van der Waals surface area (Å²) in [7, 11) is -1.26. The highest BCUT2D eigenvalue weighted by atomic mass is 28.4. The molecule has 1 saturated heterocycles. The van der Waals surface area contributed by atoms with Crippen LogP contribution >= 0.6 is 0 Å². The number of hydrogen-bond acceptors (Lipinski definition) is 1. The standard InChI is InChI=1S/C22H46OSi/c1-3-5-6-7-8-9-10-11-12-13-14-15-17-20-23-24(4-2)21-18-16-19-22-24/h3-22H2,1-2H3. The van der Waals surface area contributed by atoms with Gasteiger partial charge in [-0.3, -0.25) is 0 Å². The lowest BCUT2D eigenvalue weighted by molar-refractivity contribution is 0.279. The maximum atomic E-state index is 6.46. The molecule has 0 atom stereocenters. The van der Waals surface area contributed by atoms with Crippen molar-refractivity contribution in [2.24, 2.45) is 0 Å². The van der Waals surface area contributed by atoms with Crippen molar-refractivity contribution in [1.29, 1.82) is 0 Å². The quantitative estimate of drug-likeness (QED) is 0.200. The summed E-state index contributed by atoms with van der Waals surface area (Å²) in [6.45, 7) is 5.74. The van der Waals surface area contributed by atoms with Gasteiger partial charge in [-0.1, -0.05) is 110 Å². The second-order valence-electron chi connectivity index (χ2n) is 8.19. The lowest BCUT2D eigenvalue weighted by Gasteiger charge is -2.34. The van der Waals surface area contributed by atoms with Gasteiger partial charge in [0.2, 0.25) is 0 Å². The molecule has 0 aliphatic carbocycles. The van der Waals surface area contributed by atoms with Gasteiger partial charge in [-0.2, -0.15) is 0 Å². The van der Waals surface area contributed by atoms with Gasteiger partial charge in [-0.15, -0.1) is 0 Å². The van der Waals surface area contributed by atoms with E-state index in [2.05, 4.69) is 13.8 Å². The van der Waals surface area contributed by atoms with E-state index >= 15 is 0 Å². The highest BCUT2D eigenvalue weighted by Gasteiger charge is 2.34. The van der Waals surface area contributed by atoms with Gasteiger partial charge in [0.05, 0.1) is 0 Å². The Morgan fingerprint density at radius 2 is 1.04 bits per heavy atom. The van der Waals surface area contributed by atoms with E-state index in [9.17, 15) is 0 Å². The molecule has 0 aromatic heterocycles. The lowest BCUT2D eigenvalue weighted by Crippen LogP contribution is -2.39. The summed E-state index contributed by atoms with van der Waals surface area (Å²) in [4.78, 5) is 0. The molecule has 0 spiro atoms. The molecule has 1 aliphatic rings. The third-order valence-electron chi connectivity index (χ3n) is 6.07. The normalized spacial score (nSPS) is 17.2. The largest absolute Gasteiger partial charge is 0.417 e. The fourth-order valence-electron chi connectivity index (χ4n) is 4.20. The van der Waals surface area contributed by atoms with E-state index in [1.807, 2.05) is 0 Å². The highest BCUT2D eigenvalue weighted by molar-refractivity contribution is 6.73. The number of unbranched alkanes of at least 4 members (excludes halogenated alkanes) is 12. The summed E-state index contributed by atoms with van der Waals surface area (Å²) in [5, 5.41) is 0. The van der Waals surface area contributed by atoms with E-state index in [0.29, 0.717) is 0 Å². The molecule has 0 amide bonds. The van der Waals surface area contributed by atoms with E-state index in [4.69, 9.17) is 4.43 Å². The van der Waals surface area contributed by atoms with Gasteiger partial charge in [0.15, 0.2) is 8.32 Å². The van der Waals surface area contributed by atoms with Crippen LogP contribution in [0.5, 0.6) is 0 Å². The molecule has 2 heteroatoms. The van der Waals surface area contributed by atoms with Crippen molar-refractivity contribution >= 4 is 8.32 Å². The van der Waals surface area contributed by atoms with Crippen LogP contribution in [0.2, 0.25) is 18.1 Å². The van der Waals surface area contributed by atoms with E-state index in [1.165, 1.54) is 121 Å². The molecule has 0 saturated carbocycles. The van der Waals surface area contributed by atoms with Crippen LogP contribution in [0.15, 0.2) is 0 Å². The van der Waals surface area contributed by atoms with Crippen LogP contribution in [0.3, 0.4) is 0 Å². The van der Waals surface area contributed by atoms with Gasteiger partial charge in [0.1, 0.15) is 0 Å². The third kappa shape index (κ3) is 10.9. The summed E-state index contributed by atoms with van der Waals surface area (Å²) in [6.07, 6.45) is 23.0. The Morgan fingerprint density at radius 3 is 1.50 bits per heavy atom. The SMILES string of the molecule is CCCCCCCCCCCCCCCO[Si]1(CC)CCCCC1. The number of rotatable bonds is 16. The van der Waals surface area contributed by atoms with Gasteiger partial charge < -0.3 is 4.43 Å². The molecule has 1 heterocycles. The second-order valence-corrected chi connectivity index (χ2v) is 12.6. The van der Waals surface area contributed by atoms with Gasteiger partial charge in [0.25, 0.3) is 0 Å². The Kier molecular flexibility index (Phi) is 14.3. The Labute approximate surface area is 154 Å². The maximum Gasteiger partial charge on any atom is 0.192 e. The number of hydrogen-bond donors (Lipinski definition) is 0. The van der Waals surface area contributed by atoms with E-state index in [-0.39, 0.29) is 0 Å². The van der Waals surface area contributed by atoms with Crippen molar-refractivity contribution in [1.82, 2.24) is 0 Å². The molecule has 0 bridgehead atoms. The molecule has 1 fully saturated rings. The first-order valence-corrected chi connectivity index (χ1v) is 14.0. The average Bonchev–Trinajstić information content (AvgIpc) is 2.63. The Morgan fingerprint density at radius 1 is 0.583 bits per heavy atom. The molecule has 0 N–H and O–H groups in total. The summed E-state index contributed by atoms with van der Waals surface area (Å²) in [5.74, 6) is 0. The molecule has 0 unspecified atom stereocenters. The van der Waals surface area contributed by atoms with E-state index < -0.39 is 8.32 Å². The molecule has 24 heavy (non-hydrogen) atoms. The fourth-order valence-corrected chi connectivity index (χ4v) is 8.02. The minimum Gasteiger partial charge on any atom is -0.417 e. The zero-order chi connectivity index (χ0) is 17.3. The molecule has 144 valence electrons. The average molecular weight is 355 g/mol. The van der Waals surface area contributed by atoms with Crippen molar-refractivity contribution in [3.63, 3.8) is 0 Å². The second kappa shape index (κ2) is 15.4. The first kappa shape index (κ1) is 22.2. The van der Waals surface area contributed by atoms with Crippen LogP contribution in [0.25, 0.3) is 0 Å². The van der Waals surface area contributed by atoms with Gasteiger partial charge >= 0.3 is 0 Å². The monoisotopic (exact) mass is 354 g/mol. The van der Waals surface area contributed by atoms with Crippen molar-refractivity contribution < 1.29 is 4.43 Å². The van der Waals surface area contributed by atoms with Crippen molar-refractivity contribution in [3.8, 4) is 0 Å². The fraction of sp³-hybridized carbons (Fsp3) is 1.00. The van der Waals surface area contributed by atoms with Crippen LogP contribution in [0, 0.1) is 0 Å². The van der Waals surface area contributed by atoms with Crippen molar-refractivity contribution in [2.45, 2.75) is 135 Å². The molecule has 1 aliphatic heterocycles. The van der Waals surface area contributed by atoms with Gasteiger partial charge in [-0.05, 0) is 24.6 Å². The third-order valence-corrected chi connectivity index (χ3v) is 10.7. The zero-order valence-electron chi connectivity index (χ0n) is 17.1. The molecular weight excluding hydrogens is 308 g/mol. The molecule has 1 rings (SSSR count). The Bertz CT molecular complexity index is 261. The minimum absolute atomic E-state index is 1.07. The lowest BCUT2D eigenvalue weighted by atomic mass is 10.0. The summed E-state index contributed by atoms with van der Waals surface area (Å²) >= 11 is 0. The summed E-state index contributed by atoms with van der Waals surface area (Å²) in [5.41, 5.74) is 0. The predicted molar refractivity (Wildman–Crippen MR) is 111 cm³/mol. The summed E-state index contributed by atoms with van der Waals surface area (Å²) < 4.78 is 6.46. The van der Waals surface area contributed by atoms with Gasteiger partial charge in [-0.25, -0.2) is 0 Å². The molecule has 0 aromatic rings. The smallest absolute Gasteiger partial charge is 0.192 e. The van der Waals surface area contributed by atoms with Crippen LogP contribution in [-0.4, -0.2) is 14.9 Å². The van der Waals surface area contributed by atoms with Crippen LogP contribution in [-0.2, 0) is 4.43 Å². The van der Waals surface area contributed by atoms with Crippen LogP contribution in [0.4, 0.5) is 0 Å². The molecule has 0 aromatic carbocycles. The van der Waals surface area contributed by atoms with E-state index in [0.717, 1.165) is 6.61 Å². The zero-order valence-corrected chi connectivity index (χ0v) is 18.1. The van der Waals surface area contributed by atoms with Crippen molar-refractivity contribution in [2.75, 3.05) is 6.61 Å². The summed E-state index contributed by atoms with van der Waals surface area (Å²) in [6, 6.07) is 4.25. The topological polar surface area (TPSA) is 9.23 Å². The molecule has 1 nitrogen and oxygen atoms in total. The Hall–Kier alpha value is 0.177. The van der Waals surface area contributed by atoms with Gasteiger partial charge in [0, 0.05) is 6.61 Å². The van der Waals surface area contributed by atoms with Crippen molar-refractivity contribution in [3.05, 3.63) is 0 Å². The first-order chi connectivity index (χ1) is 11.8. The molecule has 0 radical (unpaired) electrons. The van der Waals surface area contributed by atoms with Crippen LogP contribution < -0.4 is 0 Å². The Balaban J connectivity index is 1.80. The molecular formula is C22H46OSi. The van der Waals surface area contributed by atoms with E-state index in [1.54, 1.807) is 0 Å². The highest BCUT2D eigenvalue weighted by Crippen LogP contribution is 2.32. The maximum absolute atomic E-state index is 6.46.